The van der Waals surface area contributed by atoms with E-state index in [1.165, 1.54) is 9.96 Å². The molecule has 3 saturated heterocycles. The highest BCUT2D eigenvalue weighted by molar-refractivity contribution is 6.05. The summed E-state index contributed by atoms with van der Waals surface area (Å²) in [5.41, 5.74) is 0. The topological polar surface area (TPSA) is 96.5 Å². The van der Waals surface area contributed by atoms with Gasteiger partial charge < -0.3 is 9.74 Å². The quantitative estimate of drug-likeness (QED) is 0.386. The molecule has 0 aromatic rings. The van der Waals surface area contributed by atoms with E-state index in [9.17, 15) is 19.2 Å². The molecule has 0 N–H and O–H groups in total. The molecule has 3 aliphatic heterocycles. The molecule has 4 aliphatic rings. The fourth-order valence-corrected chi connectivity index (χ4v) is 4.36. The molecule has 4 atom stereocenters. The number of piperidine rings is 1. The van der Waals surface area contributed by atoms with Gasteiger partial charge in [0, 0.05) is 6.54 Å². The average Bonchev–Trinajstić information content (AvgIpc) is 3.09. The number of unbranched alkanes of at least 4 members (excludes halogenated alkanes) is 1. The van der Waals surface area contributed by atoms with E-state index in [1.54, 1.807) is 0 Å². The predicted octanol–water partition coefficient (Wildman–Crippen LogP) is 1.40. The Morgan fingerprint density at radius 1 is 1.11 bits per heavy atom. The number of rotatable bonds is 6. The van der Waals surface area contributed by atoms with Crippen LogP contribution in [0.2, 0.25) is 0 Å². The van der Waals surface area contributed by atoms with Crippen LogP contribution < -0.4 is 0 Å². The largest absolute Gasteiger partial charge is 0.355 e. The zero-order chi connectivity index (χ0) is 19.8. The Bertz CT molecular complexity index is 696. The molecule has 2 bridgehead atoms. The van der Waals surface area contributed by atoms with Crippen LogP contribution in [-0.2, 0) is 24.1 Å². The zero-order valence-corrected chi connectivity index (χ0v) is 15.9. The minimum absolute atomic E-state index is 0.0857. The second kappa shape index (κ2) is 7.54. The minimum Gasteiger partial charge on any atom is -0.328 e. The van der Waals surface area contributed by atoms with Crippen LogP contribution in [0.3, 0.4) is 0 Å². The Morgan fingerprint density at radius 3 is 2.43 bits per heavy atom. The number of fused-ring (bicyclic) bond motifs is 3. The molecule has 152 valence electrons. The number of amides is 4. The van der Waals surface area contributed by atoms with Gasteiger partial charge >= 0.3 is 12.0 Å². The zero-order valence-electron chi connectivity index (χ0n) is 15.9. The first-order valence-corrected chi connectivity index (χ1v) is 10.00. The maximum Gasteiger partial charge on any atom is 0.355 e. The van der Waals surface area contributed by atoms with E-state index < -0.39 is 35.7 Å². The van der Waals surface area contributed by atoms with Gasteiger partial charge in [-0.15, -0.1) is 5.06 Å². The number of carbonyl (C=O) groups excluding carboxylic acids is 4. The van der Waals surface area contributed by atoms with Gasteiger partial charge in [0.1, 0.15) is 6.04 Å². The van der Waals surface area contributed by atoms with Gasteiger partial charge in [-0.3, -0.25) is 14.4 Å². The third-order valence-electron chi connectivity index (χ3n) is 5.97. The molecule has 0 aromatic heterocycles. The van der Waals surface area contributed by atoms with Crippen molar-refractivity contribution in [2.45, 2.75) is 57.5 Å². The molecule has 3 fully saturated rings. The lowest BCUT2D eigenvalue weighted by molar-refractivity contribution is -0.202. The standard InChI is InChI=1S/C19H25N3O6/c1-2-3-10-27-21-12-8-9-15(20(11-12)19(21)26)18(25)28-22-16(23)13-6-4-5-7-14(13)17(22)24/h4-5,12-15H,2-3,6-11H2,1H3/t12-,13-,14+,15-/m0/s1. The number of hydroxylamine groups is 4. The van der Waals surface area contributed by atoms with Crippen molar-refractivity contribution in [1.82, 2.24) is 15.0 Å². The highest BCUT2D eigenvalue weighted by Crippen LogP contribution is 2.36. The number of hydrogen-bond donors (Lipinski definition) is 0. The number of nitrogens with zero attached hydrogens (tertiary/aromatic N) is 3. The van der Waals surface area contributed by atoms with Gasteiger partial charge in [0.15, 0.2) is 0 Å². The van der Waals surface area contributed by atoms with E-state index in [-0.39, 0.29) is 12.1 Å². The van der Waals surface area contributed by atoms with E-state index >= 15 is 0 Å². The summed E-state index contributed by atoms with van der Waals surface area (Å²) in [6.07, 6.45) is 7.51. The van der Waals surface area contributed by atoms with Crippen molar-refractivity contribution in [2.75, 3.05) is 13.2 Å². The Labute approximate surface area is 163 Å². The predicted molar refractivity (Wildman–Crippen MR) is 94.9 cm³/mol. The van der Waals surface area contributed by atoms with Gasteiger partial charge in [0.2, 0.25) is 0 Å². The first-order chi connectivity index (χ1) is 13.5. The van der Waals surface area contributed by atoms with E-state index in [0.717, 1.165) is 12.8 Å². The third-order valence-corrected chi connectivity index (χ3v) is 5.97. The van der Waals surface area contributed by atoms with Crippen molar-refractivity contribution in [3.63, 3.8) is 0 Å². The molecule has 28 heavy (non-hydrogen) atoms. The summed E-state index contributed by atoms with van der Waals surface area (Å²) in [7, 11) is 0. The van der Waals surface area contributed by atoms with Gasteiger partial charge in [-0.2, -0.15) is 5.06 Å². The van der Waals surface area contributed by atoms with Crippen LogP contribution in [0.5, 0.6) is 0 Å². The molecule has 9 nitrogen and oxygen atoms in total. The summed E-state index contributed by atoms with van der Waals surface area (Å²) >= 11 is 0. The molecule has 0 radical (unpaired) electrons. The summed E-state index contributed by atoms with van der Waals surface area (Å²) in [5.74, 6) is -2.61. The maximum atomic E-state index is 12.7. The number of urea groups is 1. The first-order valence-electron chi connectivity index (χ1n) is 10.00. The van der Waals surface area contributed by atoms with Crippen molar-refractivity contribution in [3.8, 4) is 0 Å². The summed E-state index contributed by atoms with van der Waals surface area (Å²) < 4.78 is 0. The lowest BCUT2D eigenvalue weighted by Crippen LogP contribution is -2.48. The molecular formula is C19H25N3O6. The van der Waals surface area contributed by atoms with Crippen molar-refractivity contribution in [1.29, 1.82) is 0 Å². The van der Waals surface area contributed by atoms with Crippen molar-refractivity contribution < 1.29 is 28.9 Å². The molecule has 0 unspecified atom stereocenters. The number of hydrogen-bond acceptors (Lipinski definition) is 6. The lowest BCUT2D eigenvalue weighted by Gasteiger charge is -2.29. The van der Waals surface area contributed by atoms with E-state index in [2.05, 4.69) is 0 Å². The van der Waals surface area contributed by atoms with Crippen molar-refractivity contribution in [2.24, 2.45) is 11.8 Å². The van der Waals surface area contributed by atoms with Crippen molar-refractivity contribution >= 4 is 23.8 Å². The second-order valence-corrected chi connectivity index (χ2v) is 7.73. The summed E-state index contributed by atoms with van der Waals surface area (Å²) in [5, 5.41) is 1.97. The summed E-state index contributed by atoms with van der Waals surface area (Å²) in [6, 6.07) is -1.26. The third kappa shape index (κ3) is 3.07. The molecule has 9 heteroatoms. The van der Waals surface area contributed by atoms with Crippen LogP contribution in [0, 0.1) is 11.8 Å². The maximum absolute atomic E-state index is 12.7. The molecule has 0 saturated carbocycles. The van der Waals surface area contributed by atoms with Crippen LogP contribution in [0.1, 0.15) is 45.4 Å². The van der Waals surface area contributed by atoms with Gasteiger partial charge in [-0.25, -0.2) is 9.59 Å². The lowest BCUT2D eigenvalue weighted by atomic mass is 9.85. The molecular weight excluding hydrogens is 366 g/mol. The smallest absolute Gasteiger partial charge is 0.328 e. The van der Waals surface area contributed by atoms with Crippen LogP contribution >= 0.6 is 0 Å². The van der Waals surface area contributed by atoms with Crippen LogP contribution in [0.4, 0.5) is 4.79 Å². The number of carbonyl (C=O) groups is 4. The normalized spacial score (nSPS) is 31.6. The van der Waals surface area contributed by atoms with E-state index in [0.29, 0.717) is 43.9 Å². The van der Waals surface area contributed by atoms with Gasteiger partial charge in [-0.05, 0) is 32.1 Å². The highest BCUT2D eigenvalue weighted by atomic mass is 16.7. The Kier molecular flexibility index (Phi) is 5.09. The summed E-state index contributed by atoms with van der Waals surface area (Å²) in [4.78, 5) is 62.5. The monoisotopic (exact) mass is 391 g/mol. The van der Waals surface area contributed by atoms with E-state index in [4.69, 9.17) is 9.68 Å². The molecule has 0 aromatic carbocycles. The highest BCUT2D eigenvalue weighted by Gasteiger charge is 2.52. The Balaban J connectivity index is 1.40. The SMILES string of the molecule is CCCCON1C(=O)N2C[C@@H]1CC[C@H]2C(=O)ON1C(=O)[C@H]2CC=CC[C@H]2C1=O. The average molecular weight is 391 g/mol. The fourth-order valence-electron chi connectivity index (χ4n) is 4.36. The molecule has 1 aliphatic carbocycles. The first kappa shape index (κ1) is 18.9. The second-order valence-electron chi connectivity index (χ2n) is 7.73. The molecule has 4 amide bonds. The van der Waals surface area contributed by atoms with Gasteiger partial charge in [0.05, 0.1) is 24.5 Å². The van der Waals surface area contributed by atoms with E-state index in [1.807, 2.05) is 19.1 Å². The number of allylic oxidation sites excluding steroid dienone is 2. The Morgan fingerprint density at radius 2 is 1.79 bits per heavy atom. The number of imide groups is 1. The van der Waals surface area contributed by atoms with Crippen molar-refractivity contribution in [3.05, 3.63) is 12.2 Å². The van der Waals surface area contributed by atoms with Gasteiger partial charge in [-0.1, -0.05) is 25.5 Å². The Hall–Kier alpha value is -2.42. The minimum atomic E-state index is -0.815. The van der Waals surface area contributed by atoms with Crippen LogP contribution in [0.25, 0.3) is 0 Å². The molecule has 0 spiro atoms. The van der Waals surface area contributed by atoms with Crippen LogP contribution in [0.15, 0.2) is 12.2 Å². The summed E-state index contributed by atoms with van der Waals surface area (Å²) in [6.45, 7) is 2.87. The van der Waals surface area contributed by atoms with Gasteiger partial charge in [0.25, 0.3) is 11.8 Å². The van der Waals surface area contributed by atoms with Crippen LogP contribution in [-0.4, -0.2) is 64.1 Å². The molecule has 4 rings (SSSR count). The molecule has 3 heterocycles. The fraction of sp³-hybridized carbons (Fsp3) is 0.684.